The van der Waals surface area contributed by atoms with E-state index in [4.69, 9.17) is 5.73 Å². The molecule has 0 amide bonds. The molecule has 0 aliphatic rings. The Labute approximate surface area is 84.2 Å². The maximum absolute atomic E-state index is 6.03. The van der Waals surface area contributed by atoms with E-state index in [-0.39, 0.29) is 6.04 Å². The highest BCUT2D eigenvalue weighted by Crippen LogP contribution is 2.13. The molecule has 1 aromatic rings. The van der Waals surface area contributed by atoms with Crippen LogP contribution >= 0.6 is 11.3 Å². The van der Waals surface area contributed by atoms with Crippen molar-refractivity contribution in [1.82, 2.24) is 4.98 Å². The van der Waals surface area contributed by atoms with E-state index >= 15 is 0 Å². The number of aryl methyl sites for hydroxylation is 1. The van der Waals surface area contributed by atoms with Gasteiger partial charge in [-0.05, 0) is 12.8 Å². The summed E-state index contributed by atoms with van der Waals surface area (Å²) in [6, 6.07) is 0.256. The van der Waals surface area contributed by atoms with Gasteiger partial charge in [-0.25, -0.2) is 4.98 Å². The van der Waals surface area contributed by atoms with Crippen molar-refractivity contribution in [3.05, 3.63) is 16.1 Å². The molecule has 0 bridgehead atoms. The van der Waals surface area contributed by atoms with Gasteiger partial charge in [0, 0.05) is 17.8 Å². The Balaban J connectivity index is 2.49. The summed E-state index contributed by atoms with van der Waals surface area (Å²) >= 11 is 1.70. The quantitative estimate of drug-likeness (QED) is 0.806. The summed E-state index contributed by atoms with van der Waals surface area (Å²) in [7, 11) is 0. The minimum absolute atomic E-state index is 0.256. The average molecular weight is 198 g/mol. The SMILES string of the molecule is CCC(C)C(N)Cc1csc(C)n1. The van der Waals surface area contributed by atoms with Crippen molar-refractivity contribution in [1.29, 1.82) is 0 Å². The highest BCUT2D eigenvalue weighted by Gasteiger charge is 2.12. The third-order valence-corrected chi connectivity index (χ3v) is 3.31. The van der Waals surface area contributed by atoms with Crippen LogP contribution in [0.2, 0.25) is 0 Å². The zero-order chi connectivity index (χ0) is 9.84. The van der Waals surface area contributed by atoms with Crippen LogP contribution in [0.25, 0.3) is 0 Å². The summed E-state index contributed by atoms with van der Waals surface area (Å²) in [6.07, 6.45) is 2.06. The second-order valence-corrected chi connectivity index (χ2v) is 4.67. The zero-order valence-corrected chi connectivity index (χ0v) is 9.40. The van der Waals surface area contributed by atoms with E-state index in [1.807, 2.05) is 6.92 Å². The Hall–Kier alpha value is -0.410. The lowest BCUT2D eigenvalue weighted by molar-refractivity contribution is 0.438. The van der Waals surface area contributed by atoms with Gasteiger partial charge in [0.25, 0.3) is 0 Å². The number of aromatic nitrogens is 1. The van der Waals surface area contributed by atoms with E-state index in [1.54, 1.807) is 11.3 Å². The third kappa shape index (κ3) is 3.08. The van der Waals surface area contributed by atoms with Gasteiger partial charge in [-0.1, -0.05) is 20.3 Å². The Morgan fingerprint density at radius 3 is 2.77 bits per heavy atom. The second kappa shape index (κ2) is 4.72. The van der Waals surface area contributed by atoms with Crippen LogP contribution in [0.1, 0.15) is 31.0 Å². The molecule has 13 heavy (non-hydrogen) atoms. The fraction of sp³-hybridized carbons (Fsp3) is 0.700. The highest BCUT2D eigenvalue weighted by molar-refractivity contribution is 7.09. The molecule has 2 N–H and O–H groups in total. The number of hydrogen-bond acceptors (Lipinski definition) is 3. The first-order chi connectivity index (χ1) is 6.13. The summed E-state index contributed by atoms with van der Waals surface area (Å²) in [5.74, 6) is 0.585. The smallest absolute Gasteiger partial charge is 0.0897 e. The van der Waals surface area contributed by atoms with Gasteiger partial charge in [-0.2, -0.15) is 0 Å². The van der Waals surface area contributed by atoms with Crippen LogP contribution in [0.5, 0.6) is 0 Å². The van der Waals surface area contributed by atoms with Crippen LogP contribution in [0.3, 0.4) is 0 Å². The van der Waals surface area contributed by atoms with E-state index < -0.39 is 0 Å². The molecule has 1 heterocycles. The summed E-state index contributed by atoms with van der Waals surface area (Å²) < 4.78 is 0. The first-order valence-electron chi connectivity index (χ1n) is 4.80. The van der Waals surface area contributed by atoms with Gasteiger partial charge in [0.1, 0.15) is 0 Å². The fourth-order valence-corrected chi connectivity index (χ4v) is 1.87. The molecular formula is C10H18N2S. The minimum atomic E-state index is 0.256. The topological polar surface area (TPSA) is 38.9 Å². The Bertz CT molecular complexity index is 257. The van der Waals surface area contributed by atoms with Crippen LogP contribution < -0.4 is 5.73 Å². The lowest BCUT2D eigenvalue weighted by atomic mass is 9.96. The monoisotopic (exact) mass is 198 g/mol. The molecule has 2 nitrogen and oxygen atoms in total. The van der Waals surface area contributed by atoms with Crippen molar-refractivity contribution in [2.24, 2.45) is 11.7 Å². The van der Waals surface area contributed by atoms with Crippen LogP contribution in [0.4, 0.5) is 0 Å². The number of rotatable bonds is 4. The van der Waals surface area contributed by atoms with Crippen LogP contribution in [0.15, 0.2) is 5.38 Å². The molecule has 0 aliphatic heterocycles. The zero-order valence-electron chi connectivity index (χ0n) is 8.58. The summed E-state index contributed by atoms with van der Waals surface area (Å²) in [5.41, 5.74) is 7.18. The Morgan fingerprint density at radius 2 is 2.31 bits per heavy atom. The molecule has 2 atom stereocenters. The second-order valence-electron chi connectivity index (χ2n) is 3.61. The molecule has 1 rings (SSSR count). The molecule has 0 fully saturated rings. The van der Waals surface area contributed by atoms with Crippen molar-refractivity contribution in [2.75, 3.05) is 0 Å². The molecule has 1 aromatic heterocycles. The molecule has 0 saturated heterocycles. The predicted octanol–water partition coefficient (Wildman–Crippen LogP) is 2.37. The van der Waals surface area contributed by atoms with Gasteiger partial charge in [0.15, 0.2) is 0 Å². The lowest BCUT2D eigenvalue weighted by Gasteiger charge is -2.16. The minimum Gasteiger partial charge on any atom is -0.327 e. The molecular weight excluding hydrogens is 180 g/mol. The fourth-order valence-electron chi connectivity index (χ4n) is 1.25. The summed E-state index contributed by atoms with van der Waals surface area (Å²) in [6.45, 7) is 6.41. The van der Waals surface area contributed by atoms with Gasteiger partial charge in [-0.3, -0.25) is 0 Å². The lowest BCUT2D eigenvalue weighted by Crippen LogP contribution is -2.30. The van der Waals surface area contributed by atoms with Crippen molar-refractivity contribution in [2.45, 2.75) is 39.7 Å². The van der Waals surface area contributed by atoms with Crippen molar-refractivity contribution in [3.63, 3.8) is 0 Å². The van der Waals surface area contributed by atoms with Crippen molar-refractivity contribution in [3.8, 4) is 0 Å². The molecule has 3 heteroatoms. The van der Waals surface area contributed by atoms with Crippen molar-refractivity contribution < 1.29 is 0 Å². The van der Waals surface area contributed by atoms with Crippen LogP contribution in [-0.4, -0.2) is 11.0 Å². The first-order valence-corrected chi connectivity index (χ1v) is 5.68. The number of hydrogen-bond donors (Lipinski definition) is 1. The van der Waals surface area contributed by atoms with E-state index in [0.717, 1.165) is 23.5 Å². The van der Waals surface area contributed by atoms with Crippen molar-refractivity contribution >= 4 is 11.3 Å². The van der Waals surface area contributed by atoms with Gasteiger partial charge in [0.05, 0.1) is 10.7 Å². The van der Waals surface area contributed by atoms with E-state index in [0.29, 0.717) is 5.92 Å². The molecule has 0 saturated carbocycles. The predicted molar refractivity (Wildman–Crippen MR) is 58.0 cm³/mol. The average Bonchev–Trinajstić information content (AvgIpc) is 2.49. The molecule has 2 unspecified atom stereocenters. The standard InChI is InChI=1S/C10H18N2S/c1-4-7(2)10(11)5-9-6-13-8(3)12-9/h6-7,10H,4-5,11H2,1-3H3. The first kappa shape index (κ1) is 10.7. The summed E-state index contributed by atoms with van der Waals surface area (Å²) in [5, 5.41) is 3.24. The van der Waals surface area contributed by atoms with Gasteiger partial charge < -0.3 is 5.73 Å². The van der Waals surface area contributed by atoms with Gasteiger partial charge in [-0.15, -0.1) is 11.3 Å². The number of nitrogens with two attached hydrogens (primary N) is 1. The normalized spacial score (nSPS) is 15.7. The van der Waals surface area contributed by atoms with Gasteiger partial charge in [0.2, 0.25) is 0 Å². The number of thiazole rings is 1. The number of nitrogens with zero attached hydrogens (tertiary/aromatic N) is 1. The maximum Gasteiger partial charge on any atom is 0.0897 e. The van der Waals surface area contributed by atoms with Crippen LogP contribution in [0, 0.1) is 12.8 Å². The third-order valence-electron chi connectivity index (χ3n) is 2.49. The molecule has 0 aromatic carbocycles. The van der Waals surface area contributed by atoms with Gasteiger partial charge >= 0.3 is 0 Å². The van der Waals surface area contributed by atoms with E-state index in [9.17, 15) is 0 Å². The van der Waals surface area contributed by atoms with E-state index in [2.05, 4.69) is 24.2 Å². The van der Waals surface area contributed by atoms with E-state index in [1.165, 1.54) is 0 Å². The summed E-state index contributed by atoms with van der Waals surface area (Å²) in [4.78, 5) is 4.41. The molecule has 74 valence electrons. The Kier molecular flexibility index (Phi) is 3.88. The highest BCUT2D eigenvalue weighted by atomic mass is 32.1. The maximum atomic E-state index is 6.03. The molecule has 0 radical (unpaired) electrons. The largest absolute Gasteiger partial charge is 0.327 e. The molecule has 0 aliphatic carbocycles. The Morgan fingerprint density at radius 1 is 1.62 bits per heavy atom. The molecule has 0 spiro atoms. The van der Waals surface area contributed by atoms with Crippen LogP contribution in [-0.2, 0) is 6.42 Å².